The number of thiol groups is 1. The van der Waals surface area contributed by atoms with E-state index in [0.29, 0.717) is 19.4 Å². The molecule has 0 aromatic heterocycles. The first-order chi connectivity index (χ1) is 14.9. The Bertz CT molecular complexity index is 706. The molecule has 4 atom stereocenters. The van der Waals surface area contributed by atoms with Crippen LogP contribution in [0.15, 0.2) is 0 Å². The number of carbonyl (C=O) groups excluding carboxylic acids is 3. The molecule has 0 fully saturated rings. The normalized spacial score (nSPS) is 14.3. The Kier molecular flexibility index (Phi) is 13.6. The second kappa shape index (κ2) is 15.0. The van der Waals surface area contributed by atoms with Crippen LogP contribution in [0.25, 0.3) is 0 Å². The van der Waals surface area contributed by atoms with Gasteiger partial charge in [0.2, 0.25) is 17.7 Å². The average Bonchev–Trinajstić information content (AvgIpc) is 2.69. The predicted octanol–water partition coefficient (Wildman–Crippen LogP) is -3.14. The molecule has 0 rings (SSSR count). The Morgan fingerprint density at radius 1 is 0.750 bits per heavy atom. The average molecular weight is 480 g/mol. The van der Waals surface area contributed by atoms with Gasteiger partial charge in [-0.3, -0.25) is 24.0 Å². The lowest BCUT2D eigenvalue weighted by atomic mass is 10.1. The molecule has 0 aliphatic rings. The molecule has 10 N–H and O–H groups in total. The third-order valence-corrected chi connectivity index (χ3v) is 4.49. The number of rotatable bonds is 16. The summed E-state index contributed by atoms with van der Waals surface area (Å²) in [4.78, 5) is 69.7. The van der Waals surface area contributed by atoms with Gasteiger partial charge < -0.3 is 42.7 Å². The summed E-state index contributed by atoms with van der Waals surface area (Å²) in [5.74, 6) is -7.25. The van der Waals surface area contributed by atoms with E-state index < -0.39 is 72.6 Å². The molecular formula is C17H29N5O9S. The maximum atomic E-state index is 12.6. The molecule has 0 aromatic carbocycles. The van der Waals surface area contributed by atoms with E-state index in [-0.39, 0.29) is 12.2 Å². The molecular weight excluding hydrogens is 450 g/mol. The Labute approximate surface area is 188 Å². The van der Waals surface area contributed by atoms with Crippen molar-refractivity contribution >= 4 is 48.3 Å². The number of carbonyl (C=O) groups is 6. The van der Waals surface area contributed by atoms with E-state index in [2.05, 4.69) is 28.6 Å². The Hall–Kier alpha value is -2.91. The molecule has 15 heteroatoms. The molecule has 0 aliphatic heterocycles. The summed E-state index contributed by atoms with van der Waals surface area (Å²) in [5, 5.41) is 33.2. The number of hydrogen-bond donors (Lipinski definition) is 9. The summed E-state index contributed by atoms with van der Waals surface area (Å²) in [7, 11) is 0. The maximum Gasteiger partial charge on any atom is 0.326 e. The second-order valence-corrected chi connectivity index (χ2v) is 7.16. The topological polar surface area (TPSA) is 251 Å². The van der Waals surface area contributed by atoms with Gasteiger partial charge in [-0.1, -0.05) is 0 Å². The molecule has 3 amide bonds. The number of unbranched alkanes of at least 4 members (excludes halogenated alkanes) is 1. The van der Waals surface area contributed by atoms with Crippen molar-refractivity contribution in [1.29, 1.82) is 0 Å². The molecule has 0 spiro atoms. The van der Waals surface area contributed by atoms with Crippen LogP contribution >= 0.6 is 12.6 Å². The molecule has 32 heavy (non-hydrogen) atoms. The first-order valence-corrected chi connectivity index (χ1v) is 10.2. The monoisotopic (exact) mass is 479 g/mol. The Morgan fingerprint density at radius 3 is 1.72 bits per heavy atom. The van der Waals surface area contributed by atoms with Crippen LogP contribution in [0.2, 0.25) is 0 Å². The maximum absolute atomic E-state index is 12.6. The molecule has 0 aromatic rings. The van der Waals surface area contributed by atoms with Gasteiger partial charge in [0.25, 0.3) is 0 Å². The largest absolute Gasteiger partial charge is 0.481 e. The fourth-order valence-electron chi connectivity index (χ4n) is 2.43. The minimum atomic E-state index is -1.72. The molecule has 0 heterocycles. The summed E-state index contributed by atoms with van der Waals surface area (Å²) >= 11 is 3.96. The fourth-order valence-corrected chi connectivity index (χ4v) is 2.69. The van der Waals surface area contributed by atoms with Crippen LogP contribution in [0.1, 0.15) is 32.1 Å². The van der Waals surface area contributed by atoms with E-state index in [1.54, 1.807) is 0 Å². The lowest BCUT2D eigenvalue weighted by molar-refractivity contribution is -0.147. The highest BCUT2D eigenvalue weighted by atomic mass is 32.1. The zero-order valence-electron chi connectivity index (χ0n) is 17.2. The molecule has 14 nitrogen and oxygen atoms in total. The highest BCUT2D eigenvalue weighted by Crippen LogP contribution is 2.04. The number of carboxylic acid groups (broad SMARTS) is 3. The molecule has 0 radical (unpaired) electrons. The Morgan fingerprint density at radius 2 is 1.25 bits per heavy atom. The van der Waals surface area contributed by atoms with Crippen molar-refractivity contribution in [2.45, 2.75) is 56.3 Å². The number of aliphatic carboxylic acids is 3. The number of nitrogens with two attached hydrogens (primary N) is 2. The van der Waals surface area contributed by atoms with Gasteiger partial charge in [-0.05, 0) is 25.8 Å². The van der Waals surface area contributed by atoms with E-state index >= 15 is 0 Å². The summed E-state index contributed by atoms with van der Waals surface area (Å²) in [6, 6.07) is -5.66. The Balaban J connectivity index is 5.30. The van der Waals surface area contributed by atoms with E-state index in [4.69, 9.17) is 26.8 Å². The van der Waals surface area contributed by atoms with Gasteiger partial charge in [-0.2, -0.15) is 12.6 Å². The van der Waals surface area contributed by atoms with Gasteiger partial charge >= 0.3 is 17.9 Å². The van der Waals surface area contributed by atoms with Crippen molar-refractivity contribution < 1.29 is 44.1 Å². The van der Waals surface area contributed by atoms with Gasteiger partial charge in [0.05, 0.1) is 18.9 Å². The van der Waals surface area contributed by atoms with Crippen molar-refractivity contribution in [3.8, 4) is 0 Å². The third kappa shape index (κ3) is 11.5. The minimum absolute atomic E-state index is 0.0555. The number of amides is 3. The van der Waals surface area contributed by atoms with Crippen LogP contribution in [0.4, 0.5) is 0 Å². The first kappa shape index (κ1) is 29.1. The van der Waals surface area contributed by atoms with Crippen LogP contribution in [0, 0.1) is 0 Å². The zero-order valence-corrected chi connectivity index (χ0v) is 18.0. The zero-order chi connectivity index (χ0) is 24.8. The van der Waals surface area contributed by atoms with Crippen molar-refractivity contribution in [3.63, 3.8) is 0 Å². The molecule has 4 unspecified atom stereocenters. The number of hydrogen-bond acceptors (Lipinski definition) is 9. The van der Waals surface area contributed by atoms with E-state index in [1.807, 2.05) is 0 Å². The minimum Gasteiger partial charge on any atom is -0.481 e. The lowest BCUT2D eigenvalue weighted by Gasteiger charge is -2.24. The highest BCUT2D eigenvalue weighted by molar-refractivity contribution is 7.80. The van der Waals surface area contributed by atoms with Crippen molar-refractivity contribution in [3.05, 3.63) is 0 Å². The summed E-state index contributed by atoms with van der Waals surface area (Å²) in [5.41, 5.74) is 10.9. The van der Waals surface area contributed by atoms with Crippen molar-refractivity contribution in [1.82, 2.24) is 16.0 Å². The summed E-state index contributed by atoms with van der Waals surface area (Å²) < 4.78 is 0. The van der Waals surface area contributed by atoms with E-state index in [0.717, 1.165) is 0 Å². The quantitative estimate of drug-likeness (QED) is 0.0789. The first-order valence-electron chi connectivity index (χ1n) is 9.56. The standard InChI is InChI=1S/C17H29N5O9S/c18-4-2-1-3-9(15(28)21-10(17(30)31)6-13(25)26)20-16(29)11(7-32)22-14(27)8(19)5-12(23)24/h8-11,32H,1-7,18-19H2,(H,20,29)(H,21,28)(H,22,27)(H,23,24)(H,25,26)(H,30,31). The fraction of sp³-hybridized carbons (Fsp3) is 0.647. The summed E-state index contributed by atoms with van der Waals surface area (Å²) in [6.07, 6.45) is -0.612. The lowest BCUT2D eigenvalue weighted by Crippen LogP contribution is -2.57. The van der Waals surface area contributed by atoms with E-state index in [9.17, 15) is 28.8 Å². The molecule has 0 saturated carbocycles. The van der Waals surface area contributed by atoms with Gasteiger partial charge in [0, 0.05) is 5.75 Å². The molecule has 0 bridgehead atoms. The van der Waals surface area contributed by atoms with Crippen LogP contribution in [-0.4, -0.2) is 87.4 Å². The van der Waals surface area contributed by atoms with E-state index in [1.165, 1.54) is 0 Å². The molecule has 182 valence electrons. The second-order valence-electron chi connectivity index (χ2n) is 6.79. The van der Waals surface area contributed by atoms with Gasteiger partial charge in [0.15, 0.2) is 0 Å². The third-order valence-electron chi connectivity index (χ3n) is 4.12. The van der Waals surface area contributed by atoms with Crippen LogP contribution < -0.4 is 27.4 Å². The van der Waals surface area contributed by atoms with Crippen LogP contribution in [-0.2, 0) is 28.8 Å². The van der Waals surface area contributed by atoms with Crippen LogP contribution in [0.5, 0.6) is 0 Å². The molecule has 0 saturated heterocycles. The van der Waals surface area contributed by atoms with Gasteiger partial charge in [-0.25, -0.2) is 4.79 Å². The SMILES string of the molecule is NCCCCC(NC(=O)C(CS)NC(=O)C(N)CC(=O)O)C(=O)NC(CC(=O)O)C(=O)O. The summed E-state index contributed by atoms with van der Waals surface area (Å²) in [6.45, 7) is 0.301. The highest BCUT2D eigenvalue weighted by Gasteiger charge is 2.30. The number of nitrogens with one attached hydrogen (secondary N) is 3. The predicted molar refractivity (Wildman–Crippen MR) is 113 cm³/mol. The smallest absolute Gasteiger partial charge is 0.326 e. The van der Waals surface area contributed by atoms with Gasteiger partial charge in [0.1, 0.15) is 18.1 Å². The van der Waals surface area contributed by atoms with Crippen molar-refractivity contribution in [2.24, 2.45) is 11.5 Å². The van der Waals surface area contributed by atoms with Crippen LogP contribution in [0.3, 0.4) is 0 Å². The van der Waals surface area contributed by atoms with Crippen molar-refractivity contribution in [2.75, 3.05) is 12.3 Å². The molecule has 0 aliphatic carbocycles. The van der Waals surface area contributed by atoms with Gasteiger partial charge in [-0.15, -0.1) is 0 Å². The number of carboxylic acids is 3.